The zero-order chi connectivity index (χ0) is 15.1. The molecule has 1 aliphatic carbocycles. The van der Waals surface area contributed by atoms with Crippen molar-refractivity contribution in [3.63, 3.8) is 0 Å². The van der Waals surface area contributed by atoms with Crippen LogP contribution in [0, 0.1) is 11.8 Å². The molecule has 1 heterocycles. The molecule has 1 saturated heterocycles. The number of carbonyl (C=O) groups excluding carboxylic acids is 1. The lowest BCUT2D eigenvalue weighted by Gasteiger charge is -2.32. The van der Waals surface area contributed by atoms with Crippen LogP contribution in [0.3, 0.4) is 0 Å². The summed E-state index contributed by atoms with van der Waals surface area (Å²) in [5.41, 5.74) is 5.80. The molecule has 1 saturated carbocycles. The van der Waals surface area contributed by atoms with Gasteiger partial charge in [-0.1, -0.05) is 12.8 Å². The van der Waals surface area contributed by atoms with E-state index in [1.807, 2.05) is 0 Å². The van der Waals surface area contributed by atoms with Gasteiger partial charge in [-0.25, -0.2) is 0 Å². The van der Waals surface area contributed by atoms with E-state index in [0.29, 0.717) is 12.5 Å². The minimum absolute atomic E-state index is 0.160. The maximum atomic E-state index is 12.3. The first-order valence-electron chi connectivity index (χ1n) is 8.59. The van der Waals surface area contributed by atoms with Crippen LogP contribution >= 0.6 is 0 Å². The summed E-state index contributed by atoms with van der Waals surface area (Å²) in [7, 11) is 2.18. The number of hydrogen-bond donors (Lipinski definition) is 2. The van der Waals surface area contributed by atoms with E-state index in [-0.39, 0.29) is 11.8 Å². The topological polar surface area (TPSA) is 61.6 Å². The Morgan fingerprint density at radius 3 is 2.62 bits per heavy atom. The van der Waals surface area contributed by atoms with Crippen molar-refractivity contribution in [1.82, 2.24) is 15.1 Å². The maximum absolute atomic E-state index is 12.3. The van der Waals surface area contributed by atoms with E-state index in [4.69, 9.17) is 5.73 Å². The van der Waals surface area contributed by atoms with Crippen molar-refractivity contribution in [2.24, 2.45) is 17.6 Å². The zero-order valence-corrected chi connectivity index (χ0v) is 13.5. The molecule has 2 atom stereocenters. The lowest BCUT2D eigenvalue weighted by Crippen LogP contribution is -2.45. The van der Waals surface area contributed by atoms with Crippen LogP contribution in [0.4, 0.5) is 0 Å². The average Bonchev–Trinajstić information content (AvgIpc) is 2.53. The van der Waals surface area contributed by atoms with Gasteiger partial charge in [-0.2, -0.15) is 0 Å². The largest absolute Gasteiger partial charge is 0.356 e. The Labute approximate surface area is 129 Å². The Balaban J connectivity index is 1.60. The Morgan fingerprint density at radius 1 is 1.19 bits per heavy atom. The van der Waals surface area contributed by atoms with Gasteiger partial charge in [0.1, 0.15) is 0 Å². The van der Waals surface area contributed by atoms with Gasteiger partial charge in [-0.05, 0) is 45.3 Å². The standard InChI is InChI=1S/C16H32N4O/c1-19-9-11-20(12-10-19)8-4-7-18-16(21)15-6-3-2-5-14(15)13-17/h14-15H,2-13,17H2,1H3,(H,18,21). The predicted octanol–water partition coefficient (Wildman–Crippen LogP) is 0.505. The number of hydrogen-bond acceptors (Lipinski definition) is 4. The van der Waals surface area contributed by atoms with Crippen LogP contribution < -0.4 is 11.1 Å². The molecule has 3 N–H and O–H groups in total. The van der Waals surface area contributed by atoms with Gasteiger partial charge < -0.3 is 20.9 Å². The summed E-state index contributed by atoms with van der Waals surface area (Å²) in [6.07, 6.45) is 5.60. The number of piperazine rings is 1. The summed E-state index contributed by atoms with van der Waals surface area (Å²) in [5.74, 6) is 0.798. The van der Waals surface area contributed by atoms with Gasteiger partial charge in [0.25, 0.3) is 0 Å². The van der Waals surface area contributed by atoms with Crippen molar-refractivity contribution < 1.29 is 4.79 Å². The molecule has 5 nitrogen and oxygen atoms in total. The molecule has 0 aromatic rings. The minimum atomic E-state index is 0.160. The van der Waals surface area contributed by atoms with Gasteiger partial charge in [0.15, 0.2) is 0 Å². The van der Waals surface area contributed by atoms with Crippen LogP contribution in [0.25, 0.3) is 0 Å². The van der Waals surface area contributed by atoms with E-state index < -0.39 is 0 Å². The van der Waals surface area contributed by atoms with Crippen molar-refractivity contribution in [2.45, 2.75) is 32.1 Å². The molecule has 21 heavy (non-hydrogen) atoms. The van der Waals surface area contributed by atoms with Gasteiger partial charge >= 0.3 is 0 Å². The second-order valence-corrected chi connectivity index (χ2v) is 6.68. The Morgan fingerprint density at radius 2 is 1.90 bits per heavy atom. The molecule has 1 aliphatic heterocycles. The molecule has 2 aliphatic rings. The van der Waals surface area contributed by atoms with E-state index >= 15 is 0 Å². The predicted molar refractivity (Wildman–Crippen MR) is 86.1 cm³/mol. The van der Waals surface area contributed by atoms with E-state index in [1.165, 1.54) is 12.8 Å². The molecule has 2 fully saturated rings. The van der Waals surface area contributed by atoms with Crippen LogP contribution in [0.5, 0.6) is 0 Å². The lowest BCUT2D eigenvalue weighted by molar-refractivity contribution is -0.127. The summed E-state index contributed by atoms with van der Waals surface area (Å²) >= 11 is 0. The van der Waals surface area contributed by atoms with Crippen molar-refractivity contribution in [3.05, 3.63) is 0 Å². The highest BCUT2D eigenvalue weighted by Crippen LogP contribution is 2.29. The van der Waals surface area contributed by atoms with Crippen molar-refractivity contribution in [3.8, 4) is 0 Å². The van der Waals surface area contributed by atoms with Crippen molar-refractivity contribution in [1.29, 1.82) is 0 Å². The third-order valence-corrected chi connectivity index (χ3v) is 5.09. The van der Waals surface area contributed by atoms with Gasteiger partial charge in [-0.15, -0.1) is 0 Å². The Kier molecular flexibility index (Phi) is 6.93. The quantitative estimate of drug-likeness (QED) is 0.701. The molecule has 122 valence electrons. The highest BCUT2D eigenvalue weighted by Gasteiger charge is 2.29. The number of nitrogens with one attached hydrogen (secondary N) is 1. The number of carbonyl (C=O) groups is 1. The van der Waals surface area contributed by atoms with Crippen LogP contribution in [0.2, 0.25) is 0 Å². The van der Waals surface area contributed by atoms with Crippen molar-refractivity contribution >= 4 is 5.91 Å². The molecule has 2 rings (SSSR count). The maximum Gasteiger partial charge on any atom is 0.223 e. The lowest BCUT2D eigenvalue weighted by atomic mass is 9.79. The highest BCUT2D eigenvalue weighted by molar-refractivity contribution is 5.79. The third kappa shape index (κ3) is 5.24. The Hall–Kier alpha value is -0.650. The molecular weight excluding hydrogens is 264 g/mol. The van der Waals surface area contributed by atoms with E-state index in [1.54, 1.807) is 0 Å². The average molecular weight is 296 g/mol. The van der Waals surface area contributed by atoms with Gasteiger partial charge in [0.2, 0.25) is 5.91 Å². The number of likely N-dealkylation sites (N-methyl/N-ethyl adjacent to an activating group) is 1. The van der Waals surface area contributed by atoms with Gasteiger partial charge in [0.05, 0.1) is 0 Å². The molecule has 2 unspecified atom stereocenters. The summed E-state index contributed by atoms with van der Waals surface area (Å²) < 4.78 is 0. The molecule has 0 bridgehead atoms. The number of nitrogens with zero attached hydrogens (tertiary/aromatic N) is 2. The van der Waals surface area contributed by atoms with Gasteiger partial charge in [-0.3, -0.25) is 4.79 Å². The van der Waals surface area contributed by atoms with E-state index in [9.17, 15) is 4.79 Å². The summed E-state index contributed by atoms with van der Waals surface area (Å²) in [5, 5.41) is 3.13. The van der Waals surface area contributed by atoms with Crippen LogP contribution in [-0.2, 0) is 4.79 Å². The second kappa shape index (κ2) is 8.71. The summed E-state index contributed by atoms with van der Waals surface area (Å²) in [4.78, 5) is 17.1. The molecular formula is C16H32N4O. The highest BCUT2D eigenvalue weighted by atomic mass is 16.1. The molecule has 0 radical (unpaired) electrons. The van der Waals surface area contributed by atoms with Crippen molar-refractivity contribution in [2.75, 3.05) is 52.9 Å². The monoisotopic (exact) mass is 296 g/mol. The SMILES string of the molecule is CN1CCN(CCCNC(=O)C2CCCCC2CN)CC1. The summed E-state index contributed by atoms with van der Waals surface area (Å²) in [6, 6.07) is 0. The summed E-state index contributed by atoms with van der Waals surface area (Å²) in [6.45, 7) is 7.18. The normalized spacial score (nSPS) is 28.5. The Bertz CT molecular complexity index is 315. The van der Waals surface area contributed by atoms with E-state index in [0.717, 1.165) is 58.5 Å². The van der Waals surface area contributed by atoms with E-state index in [2.05, 4.69) is 22.2 Å². The van der Waals surface area contributed by atoms with Crippen LogP contribution in [0.15, 0.2) is 0 Å². The molecule has 0 aromatic heterocycles. The first-order chi connectivity index (χ1) is 10.2. The second-order valence-electron chi connectivity index (χ2n) is 6.68. The minimum Gasteiger partial charge on any atom is -0.356 e. The fourth-order valence-electron chi connectivity index (χ4n) is 3.55. The fourth-order valence-corrected chi connectivity index (χ4v) is 3.55. The first kappa shape index (κ1) is 16.7. The molecule has 5 heteroatoms. The zero-order valence-electron chi connectivity index (χ0n) is 13.5. The number of rotatable bonds is 6. The number of amides is 1. The first-order valence-corrected chi connectivity index (χ1v) is 8.59. The molecule has 0 aromatic carbocycles. The number of nitrogens with two attached hydrogens (primary N) is 1. The van der Waals surface area contributed by atoms with Crippen LogP contribution in [-0.4, -0.2) is 68.6 Å². The molecule has 0 spiro atoms. The molecule has 1 amide bonds. The van der Waals surface area contributed by atoms with Crippen LogP contribution in [0.1, 0.15) is 32.1 Å². The fraction of sp³-hybridized carbons (Fsp3) is 0.938. The smallest absolute Gasteiger partial charge is 0.223 e. The van der Waals surface area contributed by atoms with Gasteiger partial charge in [0, 0.05) is 38.6 Å². The third-order valence-electron chi connectivity index (χ3n) is 5.09.